The highest BCUT2D eigenvalue weighted by molar-refractivity contribution is 6.00. The lowest BCUT2D eigenvalue weighted by Gasteiger charge is -2.16. The van der Waals surface area contributed by atoms with E-state index in [0.29, 0.717) is 47.3 Å². The van der Waals surface area contributed by atoms with Crippen molar-refractivity contribution in [1.82, 2.24) is 35.0 Å². The fourth-order valence-corrected chi connectivity index (χ4v) is 5.18. The number of hydrogen-bond donors (Lipinski definition) is 4. The molecule has 0 bridgehead atoms. The van der Waals surface area contributed by atoms with Crippen molar-refractivity contribution < 1.29 is 14.2 Å². The van der Waals surface area contributed by atoms with Crippen molar-refractivity contribution >= 4 is 27.6 Å². The molecule has 1 unspecified atom stereocenters. The minimum atomic E-state index is -0.663. The Balaban J connectivity index is 1.33. The Hall–Kier alpha value is -4.87. The standard InChI is InChI=1S/C33H35FN8O2/c1-19(2)9-30(43)38-24-11-21(16-35-18-24)22-13-27-32(40-41-33(27)37-17-22)29-15-26-28(39-29)5-6-36-31(26)20-10-23(34)14-25(12-20)44-8-7-42(3)4/h5-6,10-19,30,38-39,43H,7-9H2,1-4H3,(H,37,40,41). The van der Waals surface area contributed by atoms with E-state index in [2.05, 4.69) is 49.3 Å². The van der Waals surface area contributed by atoms with Gasteiger partial charge in [-0.1, -0.05) is 13.8 Å². The summed E-state index contributed by atoms with van der Waals surface area (Å²) in [6.07, 6.45) is 6.89. The number of anilines is 1. The molecule has 5 heterocycles. The summed E-state index contributed by atoms with van der Waals surface area (Å²) >= 11 is 0. The summed E-state index contributed by atoms with van der Waals surface area (Å²) in [6, 6.07) is 12.5. The lowest BCUT2D eigenvalue weighted by Crippen LogP contribution is -2.20. The Morgan fingerprint density at radius 3 is 2.61 bits per heavy atom. The van der Waals surface area contributed by atoms with Crippen LogP contribution in [0.5, 0.6) is 5.75 Å². The van der Waals surface area contributed by atoms with Crippen molar-refractivity contribution in [3.8, 4) is 39.5 Å². The summed E-state index contributed by atoms with van der Waals surface area (Å²) < 4.78 is 20.5. The smallest absolute Gasteiger partial charge is 0.155 e. The Morgan fingerprint density at radius 2 is 1.80 bits per heavy atom. The summed E-state index contributed by atoms with van der Waals surface area (Å²) in [5.41, 5.74) is 6.63. The van der Waals surface area contributed by atoms with Gasteiger partial charge in [0.15, 0.2) is 5.65 Å². The Morgan fingerprint density at radius 1 is 0.955 bits per heavy atom. The minimum absolute atomic E-state index is 0.356. The molecule has 6 rings (SSSR count). The van der Waals surface area contributed by atoms with Gasteiger partial charge in [0, 0.05) is 64.2 Å². The van der Waals surface area contributed by atoms with Gasteiger partial charge in [-0.2, -0.15) is 5.10 Å². The maximum atomic E-state index is 14.6. The van der Waals surface area contributed by atoms with Crippen molar-refractivity contribution in [2.45, 2.75) is 26.5 Å². The van der Waals surface area contributed by atoms with Gasteiger partial charge in [0.05, 0.1) is 23.3 Å². The van der Waals surface area contributed by atoms with Gasteiger partial charge in [-0.15, -0.1) is 0 Å². The van der Waals surface area contributed by atoms with Gasteiger partial charge in [-0.25, -0.2) is 9.37 Å². The number of aromatic nitrogens is 6. The zero-order valence-electron chi connectivity index (χ0n) is 25.1. The summed E-state index contributed by atoms with van der Waals surface area (Å²) in [4.78, 5) is 19.0. The van der Waals surface area contributed by atoms with E-state index in [0.717, 1.165) is 45.3 Å². The van der Waals surface area contributed by atoms with Crippen molar-refractivity contribution in [2.75, 3.05) is 32.6 Å². The van der Waals surface area contributed by atoms with Crippen LogP contribution in [0.3, 0.4) is 0 Å². The van der Waals surface area contributed by atoms with Crippen LogP contribution in [0.15, 0.2) is 67.3 Å². The van der Waals surface area contributed by atoms with Gasteiger partial charge >= 0.3 is 0 Å². The zero-order valence-corrected chi connectivity index (χ0v) is 25.1. The number of ether oxygens (including phenoxy) is 1. The molecular formula is C33H35FN8O2. The molecular weight excluding hydrogens is 559 g/mol. The van der Waals surface area contributed by atoms with Gasteiger partial charge in [-0.05, 0) is 62.8 Å². The second-order valence-corrected chi connectivity index (χ2v) is 11.6. The fraction of sp³-hybridized carbons (Fsp3) is 0.273. The maximum absolute atomic E-state index is 14.6. The van der Waals surface area contributed by atoms with E-state index < -0.39 is 12.0 Å². The molecule has 44 heavy (non-hydrogen) atoms. The molecule has 4 N–H and O–H groups in total. The molecule has 0 aliphatic rings. The third-order valence-corrected chi connectivity index (χ3v) is 7.27. The third kappa shape index (κ3) is 6.38. The maximum Gasteiger partial charge on any atom is 0.155 e. The number of nitrogens with one attached hydrogen (secondary N) is 3. The quantitative estimate of drug-likeness (QED) is 0.133. The molecule has 0 saturated heterocycles. The molecule has 0 spiro atoms. The molecule has 0 aliphatic carbocycles. The molecule has 0 radical (unpaired) electrons. The molecule has 0 aliphatic heterocycles. The van der Waals surface area contributed by atoms with Gasteiger partial charge in [0.1, 0.15) is 30.1 Å². The van der Waals surface area contributed by atoms with E-state index in [1.54, 1.807) is 24.8 Å². The highest BCUT2D eigenvalue weighted by Gasteiger charge is 2.17. The summed E-state index contributed by atoms with van der Waals surface area (Å²) in [5, 5.41) is 22.7. The first kappa shape index (κ1) is 29.2. The molecule has 0 amide bonds. The predicted octanol–water partition coefficient (Wildman–Crippen LogP) is 6.09. The van der Waals surface area contributed by atoms with E-state index in [1.807, 2.05) is 49.3 Å². The summed E-state index contributed by atoms with van der Waals surface area (Å²) in [7, 11) is 3.92. The number of H-pyrrole nitrogens is 2. The van der Waals surface area contributed by atoms with Crippen LogP contribution >= 0.6 is 0 Å². The first-order chi connectivity index (χ1) is 21.2. The third-order valence-electron chi connectivity index (χ3n) is 7.27. The van der Waals surface area contributed by atoms with Crippen LogP contribution in [0, 0.1) is 11.7 Å². The second kappa shape index (κ2) is 12.4. The van der Waals surface area contributed by atoms with Crippen LogP contribution < -0.4 is 10.1 Å². The molecule has 0 fully saturated rings. The Bertz CT molecular complexity index is 1920. The molecule has 226 valence electrons. The van der Waals surface area contributed by atoms with Gasteiger partial charge in [-0.3, -0.25) is 15.1 Å². The van der Waals surface area contributed by atoms with E-state index in [-0.39, 0.29) is 0 Å². The van der Waals surface area contributed by atoms with Gasteiger partial charge in [0.2, 0.25) is 0 Å². The summed E-state index contributed by atoms with van der Waals surface area (Å²) in [6.45, 7) is 5.29. The molecule has 1 aromatic carbocycles. The predicted molar refractivity (Wildman–Crippen MR) is 171 cm³/mol. The molecule has 5 aromatic heterocycles. The van der Waals surface area contributed by atoms with Crippen LogP contribution in [-0.4, -0.2) is 73.6 Å². The zero-order chi connectivity index (χ0) is 30.8. The highest BCUT2D eigenvalue weighted by atomic mass is 19.1. The first-order valence-corrected chi connectivity index (χ1v) is 14.5. The monoisotopic (exact) mass is 594 g/mol. The molecule has 6 aromatic rings. The fourth-order valence-electron chi connectivity index (χ4n) is 5.18. The average molecular weight is 595 g/mol. The number of likely N-dealkylation sites (N-methyl/N-ethyl adjacent to an activating group) is 1. The normalized spacial score (nSPS) is 12.5. The van der Waals surface area contributed by atoms with Crippen LogP contribution in [0.2, 0.25) is 0 Å². The number of benzene rings is 1. The van der Waals surface area contributed by atoms with E-state index in [4.69, 9.17) is 4.74 Å². The number of aromatic amines is 2. The molecule has 10 nitrogen and oxygen atoms in total. The van der Waals surface area contributed by atoms with Crippen LogP contribution in [0.4, 0.5) is 10.1 Å². The van der Waals surface area contributed by atoms with Gasteiger partial charge in [0.25, 0.3) is 0 Å². The SMILES string of the molecule is CC(C)CC(O)Nc1cncc(-c2cnc3[nH]nc(-c4cc5c(-c6cc(F)cc(OCCN(C)C)c6)nccc5[nH]4)c3c2)c1. The Kier molecular flexibility index (Phi) is 8.23. The Labute approximate surface area is 254 Å². The number of aliphatic hydroxyl groups is 1. The highest BCUT2D eigenvalue weighted by Crippen LogP contribution is 2.35. The number of hydrogen-bond acceptors (Lipinski definition) is 8. The number of rotatable bonds is 11. The average Bonchev–Trinajstić information content (AvgIpc) is 3.60. The lowest BCUT2D eigenvalue weighted by molar-refractivity contribution is 0.176. The molecule has 11 heteroatoms. The van der Waals surface area contributed by atoms with Crippen LogP contribution in [0.25, 0.3) is 55.7 Å². The number of halogens is 1. The first-order valence-electron chi connectivity index (χ1n) is 14.5. The largest absolute Gasteiger partial charge is 0.492 e. The van der Waals surface area contributed by atoms with Crippen LogP contribution in [0.1, 0.15) is 20.3 Å². The van der Waals surface area contributed by atoms with E-state index >= 15 is 0 Å². The van der Waals surface area contributed by atoms with Crippen LogP contribution in [-0.2, 0) is 0 Å². The number of fused-ring (bicyclic) bond motifs is 2. The van der Waals surface area contributed by atoms with Crippen molar-refractivity contribution in [3.05, 3.63) is 73.1 Å². The summed E-state index contributed by atoms with van der Waals surface area (Å²) in [5.74, 6) is 0.420. The molecule has 1 atom stereocenters. The van der Waals surface area contributed by atoms with Crippen molar-refractivity contribution in [2.24, 2.45) is 5.92 Å². The number of pyridine rings is 3. The van der Waals surface area contributed by atoms with E-state index in [9.17, 15) is 9.50 Å². The molecule has 0 saturated carbocycles. The topological polar surface area (TPSA) is 128 Å². The minimum Gasteiger partial charge on any atom is -0.492 e. The van der Waals surface area contributed by atoms with E-state index in [1.165, 1.54) is 12.1 Å². The lowest BCUT2D eigenvalue weighted by atomic mass is 10.1. The second-order valence-electron chi connectivity index (χ2n) is 11.6. The van der Waals surface area contributed by atoms with Gasteiger partial charge < -0.3 is 25.0 Å². The number of nitrogens with zero attached hydrogens (tertiary/aromatic N) is 5. The number of aliphatic hydroxyl groups excluding tert-OH is 1. The van der Waals surface area contributed by atoms with Crippen molar-refractivity contribution in [3.63, 3.8) is 0 Å². The van der Waals surface area contributed by atoms with Crippen molar-refractivity contribution in [1.29, 1.82) is 0 Å².